The maximum atomic E-state index is 12.0. The van der Waals surface area contributed by atoms with Crippen LogP contribution in [0.4, 0.5) is 0 Å². The van der Waals surface area contributed by atoms with Crippen LogP contribution in [0.25, 0.3) is 0 Å². The Morgan fingerprint density at radius 3 is 2.44 bits per heavy atom. The molecule has 0 aromatic heterocycles. The number of benzene rings is 1. The summed E-state index contributed by atoms with van der Waals surface area (Å²) in [4.78, 5) is 12.0. The maximum Gasteiger partial charge on any atom is 0.251 e. The summed E-state index contributed by atoms with van der Waals surface area (Å²) in [5, 5.41) is 6.47. The van der Waals surface area contributed by atoms with Gasteiger partial charge in [0.15, 0.2) is 0 Å². The Bertz CT molecular complexity index is 383. The van der Waals surface area contributed by atoms with E-state index in [0.29, 0.717) is 0 Å². The Labute approximate surface area is 109 Å². The molecule has 18 heavy (non-hydrogen) atoms. The number of likely N-dealkylation sites (N-methyl/N-ethyl adjacent to an activating group) is 1. The van der Waals surface area contributed by atoms with Crippen molar-refractivity contribution in [2.24, 2.45) is 0 Å². The van der Waals surface area contributed by atoms with Gasteiger partial charge in [0.05, 0.1) is 0 Å². The van der Waals surface area contributed by atoms with Crippen molar-refractivity contribution in [3.05, 3.63) is 35.9 Å². The van der Waals surface area contributed by atoms with Gasteiger partial charge in [0.2, 0.25) is 0 Å². The normalized spacial score (nSPS) is 18.3. The molecule has 0 bridgehead atoms. The Morgan fingerprint density at radius 2 is 1.83 bits per heavy atom. The van der Waals surface area contributed by atoms with E-state index in [1.807, 2.05) is 37.4 Å². The monoisotopic (exact) mass is 246 g/mol. The zero-order valence-corrected chi connectivity index (χ0v) is 11.0. The predicted octanol–water partition coefficient (Wildman–Crippen LogP) is 2.34. The van der Waals surface area contributed by atoms with Gasteiger partial charge in [-0.1, -0.05) is 37.5 Å². The van der Waals surface area contributed by atoms with Gasteiger partial charge in [-0.25, -0.2) is 0 Å². The quantitative estimate of drug-likeness (QED) is 0.856. The summed E-state index contributed by atoms with van der Waals surface area (Å²) in [6.07, 6.45) is 6.12. The van der Waals surface area contributed by atoms with Gasteiger partial charge in [0, 0.05) is 17.6 Å². The van der Waals surface area contributed by atoms with E-state index in [1.165, 1.54) is 19.3 Å². The summed E-state index contributed by atoms with van der Waals surface area (Å²) in [7, 11) is 2.00. The zero-order chi connectivity index (χ0) is 12.8. The molecule has 0 radical (unpaired) electrons. The number of amides is 1. The van der Waals surface area contributed by atoms with Gasteiger partial charge in [-0.2, -0.15) is 0 Å². The molecule has 1 amide bonds. The topological polar surface area (TPSA) is 41.1 Å². The summed E-state index contributed by atoms with van der Waals surface area (Å²) in [6, 6.07) is 9.41. The number of hydrogen-bond acceptors (Lipinski definition) is 2. The standard InChI is InChI=1S/C15H22N2O/c1-16-15(10-6-3-7-11-15)12-17-14(18)13-8-4-2-5-9-13/h2,4-5,8-9,16H,3,6-7,10-12H2,1H3,(H,17,18). The predicted molar refractivity (Wildman–Crippen MR) is 73.7 cm³/mol. The molecule has 0 saturated heterocycles. The second-order valence-corrected chi connectivity index (χ2v) is 5.14. The van der Waals surface area contributed by atoms with Gasteiger partial charge in [-0.05, 0) is 32.0 Å². The number of carbonyl (C=O) groups is 1. The Balaban J connectivity index is 1.92. The van der Waals surface area contributed by atoms with Crippen LogP contribution in [-0.2, 0) is 0 Å². The molecule has 2 N–H and O–H groups in total. The average molecular weight is 246 g/mol. The molecule has 98 valence electrons. The third kappa shape index (κ3) is 3.10. The van der Waals surface area contributed by atoms with E-state index in [-0.39, 0.29) is 11.4 Å². The molecule has 0 unspecified atom stereocenters. The second-order valence-electron chi connectivity index (χ2n) is 5.14. The minimum absolute atomic E-state index is 0.0239. The fourth-order valence-corrected chi connectivity index (χ4v) is 2.68. The molecular weight excluding hydrogens is 224 g/mol. The highest BCUT2D eigenvalue weighted by Gasteiger charge is 2.30. The van der Waals surface area contributed by atoms with Crippen LogP contribution in [0.1, 0.15) is 42.5 Å². The van der Waals surface area contributed by atoms with Gasteiger partial charge < -0.3 is 10.6 Å². The maximum absolute atomic E-state index is 12.0. The first-order valence-electron chi connectivity index (χ1n) is 6.78. The Kier molecular flexibility index (Phi) is 4.37. The highest BCUT2D eigenvalue weighted by Crippen LogP contribution is 2.27. The van der Waals surface area contributed by atoms with E-state index in [0.717, 1.165) is 24.9 Å². The third-order valence-electron chi connectivity index (χ3n) is 3.96. The van der Waals surface area contributed by atoms with Crippen molar-refractivity contribution >= 4 is 5.91 Å². The summed E-state index contributed by atoms with van der Waals surface area (Å²) < 4.78 is 0. The highest BCUT2D eigenvalue weighted by molar-refractivity contribution is 5.94. The number of nitrogens with one attached hydrogen (secondary N) is 2. The van der Waals surface area contributed by atoms with Crippen LogP contribution in [0, 0.1) is 0 Å². The molecule has 1 aromatic carbocycles. The summed E-state index contributed by atoms with van der Waals surface area (Å²) in [6.45, 7) is 0.719. The van der Waals surface area contributed by atoms with E-state index in [4.69, 9.17) is 0 Å². The molecule has 0 atom stereocenters. The third-order valence-corrected chi connectivity index (χ3v) is 3.96. The molecule has 3 nitrogen and oxygen atoms in total. The SMILES string of the molecule is CNC1(CNC(=O)c2ccccc2)CCCCC1. The van der Waals surface area contributed by atoms with E-state index >= 15 is 0 Å². The largest absolute Gasteiger partial charge is 0.350 e. The zero-order valence-electron chi connectivity index (χ0n) is 11.0. The Hall–Kier alpha value is -1.35. The first-order valence-corrected chi connectivity index (χ1v) is 6.78. The molecular formula is C15H22N2O. The molecule has 3 heteroatoms. The molecule has 1 aromatic rings. The van der Waals surface area contributed by atoms with Crippen molar-refractivity contribution in [1.82, 2.24) is 10.6 Å². The molecule has 1 aliphatic rings. The molecule has 1 saturated carbocycles. The molecule has 0 heterocycles. The van der Waals surface area contributed by atoms with Crippen molar-refractivity contribution in [2.45, 2.75) is 37.6 Å². The van der Waals surface area contributed by atoms with Gasteiger partial charge in [0.1, 0.15) is 0 Å². The summed E-state index contributed by atoms with van der Waals surface area (Å²) in [5.74, 6) is 0.0239. The lowest BCUT2D eigenvalue weighted by Gasteiger charge is -2.37. The minimum Gasteiger partial charge on any atom is -0.350 e. The van der Waals surface area contributed by atoms with E-state index in [9.17, 15) is 4.79 Å². The van der Waals surface area contributed by atoms with Crippen molar-refractivity contribution in [3.8, 4) is 0 Å². The van der Waals surface area contributed by atoms with Crippen LogP contribution in [0.15, 0.2) is 30.3 Å². The lowest BCUT2D eigenvalue weighted by atomic mass is 9.81. The number of hydrogen-bond donors (Lipinski definition) is 2. The number of carbonyl (C=O) groups excluding carboxylic acids is 1. The van der Waals surface area contributed by atoms with Gasteiger partial charge in [-0.15, -0.1) is 0 Å². The van der Waals surface area contributed by atoms with Crippen LogP contribution < -0.4 is 10.6 Å². The summed E-state index contributed by atoms with van der Waals surface area (Å²) >= 11 is 0. The van der Waals surface area contributed by atoms with Gasteiger partial charge in [-0.3, -0.25) is 4.79 Å². The molecule has 1 fully saturated rings. The summed E-state index contributed by atoms with van der Waals surface area (Å²) in [5.41, 5.74) is 0.836. The van der Waals surface area contributed by atoms with Crippen LogP contribution >= 0.6 is 0 Å². The molecule has 0 spiro atoms. The fraction of sp³-hybridized carbons (Fsp3) is 0.533. The molecule has 2 rings (SSSR count). The van der Waals surface area contributed by atoms with Crippen molar-refractivity contribution in [3.63, 3.8) is 0 Å². The second kappa shape index (κ2) is 6.01. The average Bonchev–Trinajstić information content (AvgIpc) is 2.47. The van der Waals surface area contributed by atoms with Crippen LogP contribution in [0.3, 0.4) is 0 Å². The number of rotatable bonds is 4. The van der Waals surface area contributed by atoms with E-state index in [1.54, 1.807) is 0 Å². The lowest BCUT2D eigenvalue weighted by molar-refractivity contribution is 0.0931. The lowest BCUT2D eigenvalue weighted by Crippen LogP contribution is -2.53. The Morgan fingerprint density at radius 1 is 1.17 bits per heavy atom. The van der Waals surface area contributed by atoms with Gasteiger partial charge in [0.25, 0.3) is 5.91 Å². The van der Waals surface area contributed by atoms with Crippen molar-refractivity contribution in [2.75, 3.05) is 13.6 Å². The van der Waals surface area contributed by atoms with Crippen LogP contribution in [0.5, 0.6) is 0 Å². The molecule has 1 aliphatic carbocycles. The van der Waals surface area contributed by atoms with Crippen LogP contribution in [-0.4, -0.2) is 25.0 Å². The smallest absolute Gasteiger partial charge is 0.251 e. The van der Waals surface area contributed by atoms with Crippen LogP contribution in [0.2, 0.25) is 0 Å². The van der Waals surface area contributed by atoms with Crippen molar-refractivity contribution < 1.29 is 4.79 Å². The fourth-order valence-electron chi connectivity index (χ4n) is 2.68. The minimum atomic E-state index is 0.0239. The van der Waals surface area contributed by atoms with Gasteiger partial charge >= 0.3 is 0 Å². The van der Waals surface area contributed by atoms with E-state index < -0.39 is 0 Å². The van der Waals surface area contributed by atoms with Crippen molar-refractivity contribution in [1.29, 1.82) is 0 Å². The van der Waals surface area contributed by atoms with E-state index in [2.05, 4.69) is 10.6 Å². The molecule has 0 aliphatic heterocycles. The first-order chi connectivity index (χ1) is 8.76. The highest BCUT2D eigenvalue weighted by atomic mass is 16.1. The first kappa shape index (κ1) is 13.1.